The third-order valence-corrected chi connectivity index (χ3v) is 0.379. The molecule has 0 aromatic rings. The van der Waals surface area contributed by atoms with E-state index in [4.69, 9.17) is 10.8 Å². The number of hydrogen-bond acceptors (Lipinski definition) is 3. The molecule has 0 amide bonds. The van der Waals surface area contributed by atoms with Crippen LogP contribution >= 0.6 is 0 Å². The molecule has 0 saturated heterocycles. The number of aliphatic imine (C=N–C) groups is 1. The molecular weight excluding hydrogens is 104 g/mol. The normalized spacial score (nSPS) is 9.50. The molecule has 0 saturated carbocycles. The summed E-state index contributed by atoms with van der Waals surface area (Å²) in [6, 6.07) is 0. The number of hydrogen-bond donors (Lipinski definition) is 2. The first-order valence-corrected chi connectivity index (χ1v) is 1.99. The van der Waals surface area contributed by atoms with Gasteiger partial charge in [-0.15, -0.1) is 0 Å². The first kappa shape index (κ1) is 6.75. The fourth-order valence-electron chi connectivity index (χ4n) is 0.157. The van der Waals surface area contributed by atoms with E-state index < -0.39 is 0 Å². The standard InChI is InChI=1S/C5H8N2O/c1-4(6)3-7-5(2)8/h3,8H,1-2,6H2. The first-order chi connectivity index (χ1) is 3.63. The fourth-order valence-corrected chi connectivity index (χ4v) is 0.157. The molecule has 0 heterocycles. The lowest BCUT2D eigenvalue weighted by molar-refractivity contribution is 0.410. The predicted octanol–water partition coefficient (Wildman–Crippen LogP) is 0.559. The number of allylic oxidation sites excluding steroid dienone is 1. The van der Waals surface area contributed by atoms with Crippen LogP contribution in [0.3, 0.4) is 0 Å². The van der Waals surface area contributed by atoms with E-state index in [1.165, 1.54) is 6.21 Å². The van der Waals surface area contributed by atoms with Crippen molar-refractivity contribution in [2.24, 2.45) is 10.7 Å². The van der Waals surface area contributed by atoms with E-state index in [0.717, 1.165) is 0 Å². The summed E-state index contributed by atoms with van der Waals surface area (Å²) in [6.07, 6.45) is 1.22. The van der Waals surface area contributed by atoms with Crippen LogP contribution in [0.1, 0.15) is 0 Å². The number of nitrogens with two attached hydrogens (primary N) is 1. The van der Waals surface area contributed by atoms with Crippen LogP contribution < -0.4 is 5.73 Å². The third kappa shape index (κ3) is 4.75. The Balaban J connectivity index is 3.67. The second-order valence-corrected chi connectivity index (χ2v) is 1.25. The average Bonchev–Trinajstić information content (AvgIpc) is 1.61. The average molecular weight is 112 g/mol. The van der Waals surface area contributed by atoms with Gasteiger partial charge in [-0.05, 0) is 6.58 Å². The minimum atomic E-state index is -0.267. The monoisotopic (exact) mass is 112 g/mol. The van der Waals surface area contributed by atoms with Crippen LogP contribution in [0.5, 0.6) is 0 Å². The highest BCUT2D eigenvalue weighted by molar-refractivity contribution is 5.76. The zero-order valence-electron chi connectivity index (χ0n) is 4.46. The van der Waals surface area contributed by atoms with Crippen LogP contribution in [0.25, 0.3) is 0 Å². The zero-order chi connectivity index (χ0) is 6.57. The zero-order valence-corrected chi connectivity index (χ0v) is 4.46. The van der Waals surface area contributed by atoms with E-state index in [1.54, 1.807) is 0 Å². The molecule has 8 heavy (non-hydrogen) atoms. The highest BCUT2D eigenvalue weighted by Crippen LogP contribution is 1.81. The minimum absolute atomic E-state index is 0.267. The summed E-state index contributed by atoms with van der Waals surface area (Å²) in [5, 5.41) is 8.31. The molecule has 0 aliphatic heterocycles. The van der Waals surface area contributed by atoms with Gasteiger partial charge >= 0.3 is 0 Å². The van der Waals surface area contributed by atoms with Crippen molar-refractivity contribution in [3.8, 4) is 0 Å². The molecule has 3 N–H and O–H groups in total. The molecule has 0 aromatic heterocycles. The van der Waals surface area contributed by atoms with Gasteiger partial charge < -0.3 is 10.8 Å². The van der Waals surface area contributed by atoms with Gasteiger partial charge in [0.25, 0.3) is 0 Å². The summed E-state index contributed by atoms with van der Waals surface area (Å²) in [6.45, 7) is 6.39. The topological polar surface area (TPSA) is 58.6 Å². The van der Waals surface area contributed by atoms with Crippen LogP contribution in [0.2, 0.25) is 0 Å². The van der Waals surface area contributed by atoms with Crippen molar-refractivity contribution in [1.82, 2.24) is 0 Å². The van der Waals surface area contributed by atoms with Crippen LogP contribution in [-0.2, 0) is 0 Å². The summed E-state index contributed by atoms with van der Waals surface area (Å²) in [5.74, 6) is -0.267. The lowest BCUT2D eigenvalue weighted by Crippen LogP contribution is -1.94. The Labute approximate surface area is 47.8 Å². The highest BCUT2D eigenvalue weighted by Gasteiger charge is 1.75. The molecule has 44 valence electrons. The quantitative estimate of drug-likeness (QED) is 0.405. The van der Waals surface area contributed by atoms with Crippen molar-refractivity contribution >= 4 is 6.21 Å². The van der Waals surface area contributed by atoms with E-state index >= 15 is 0 Å². The third-order valence-electron chi connectivity index (χ3n) is 0.379. The Hall–Kier alpha value is -1.25. The maximum absolute atomic E-state index is 8.31. The SMILES string of the molecule is C=C(N)C=NC(=C)O. The van der Waals surface area contributed by atoms with Crippen molar-refractivity contribution in [1.29, 1.82) is 0 Å². The van der Waals surface area contributed by atoms with E-state index in [-0.39, 0.29) is 5.88 Å². The molecular formula is C5H8N2O. The number of nitrogens with zero attached hydrogens (tertiary/aromatic N) is 1. The molecule has 0 aliphatic carbocycles. The summed E-state index contributed by atoms with van der Waals surface area (Å²) in [4.78, 5) is 3.34. The molecule has 0 atom stereocenters. The highest BCUT2D eigenvalue weighted by atomic mass is 16.3. The summed E-state index contributed by atoms with van der Waals surface area (Å²) < 4.78 is 0. The number of aliphatic hydroxyl groups is 1. The molecule has 0 radical (unpaired) electrons. The van der Waals surface area contributed by atoms with Gasteiger partial charge in [-0.1, -0.05) is 6.58 Å². The van der Waals surface area contributed by atoms with Crippen LogP contribution in [-0.4, -0.2) is 11.3 Å². The molecule has 0 aliphatic rings. The Morgan fingerprint density at radius 2 is 2.12 bits per heavy atom. The number of rotatable bonds is 2. The van der Waals surface area contributed by atoms with Gasteiger partial charge in [0.1, 0.15) is 0 Å². The Bertz CT molecular complexity index is 121. The summed E-state index contributed by atoms with van der Waals surface area (Å²) in [7, 11) is 0. The van der Waals surface area contributed by atoms with E-state index in [9.17, 15) is 0 Å². The Morgan fingerprint density at radius 3 is 2.25 bits per heavy atom. The van der Waals surface area contributed by atoms with Crippen LogP contribution in [0.15, 0.2) is 29.7 Å². The molecule has 0 aromatic carbocycles. The summed E-state index contributed by atoms with van der Waals surface area (Å²) >= 11 is 0. The largest absolute Gasteiger partial charge is 0.494 e. The van der Waals surface area contributed by atoms with Gasteiger partial charge in [-0.2, -0.15) is 0 Å². The number of aliphatic hydroxyl groups excluding tert-OH is 1. The molecule has 3 nitrogen and oxygen atoms in total. The molecule has 0 spiro atoms. The molecule has 0 unspecified atom stereocenters. The van der Waals surface area contributed by atoms with Crippen molar-refractivity contribution in [2.45, 2.75) is 0 Å². The van der Waals surface area contributed by atoms with E-state index in [1.807, 2.05) is 0 Å². The van der Waals surface area contributed by atoms with Gasteiger partial charge in [0.15, 0.2) is 0 Å². The smallest absolute Gasteiger partial charge is 0.203 e. The van der Waals surface area contributed by atoms with Crippen LogP contribution in [0, 0.1) is 0 Å². The maximum Gasteiger partial charge on any atom is 0.203 e. The molecule has 0 fully saturated rings. The van der Waals surface area contributed by atoms with Crippen molar-refractivity contribution in [3.05, 3.63) is 24.7 Å². The van der Waals surface area contributed by atoms with Gasteiger partial charge in [0.2, 0.25) is 5.88 Å². The second-order valence-electron chi connectivity index (χ2n) is 1.25. The molecule has 0 bridgehead atoms. The van der Waals surface area contributed by atoms with E-state index in [0.29, 0.717) is 5.70 Å². The van der Waals surface area contributed by atoms with Crippen LogP contribution in [0.4, 0.5) is 0 Å². The fraction of sp³-hybridized carbons (Fsp3) is 0. The summed E-state index contributed by atoms with van der Waals surface area (Å²) in [5.41, 5.74) is 5.34. The molecule has 3 heteroatoms. The minimum Gasteiger partial charge on any atom is -0.494 e. The predicted molar refractivity (Wildman–Crippen MR) is 33.6 cm³/mol. The first-order valence-electron chi connectivity index (χ1n) is 1.99. The van der Waals surface area contributed by atoms with E-state index in [2.05, 4.69) is 18.2 Å². The Kier molecular flexibility index (Phi) is 2.40. The van der Waals surface area contributed by atoms with Crippen molar-refractivity contribution in [3.63, 3.8) is 0 Å². The van der Waals surface area contributed by atoms with Gasteiger partial charge in [-0.25, -0.2) is 4.99 Å². The lowest BCUT2D eigenvalue weighted by Gasteiger charge is -1.84. The van der Waals surface area contributed by atoms with Crippen molar-refractivity contribution in [2.75, 3.05) is 0 Å². The van der Waals surface area contributed by atoms with Gasteiger partial charge in [-0.3, -0.25) is 0 Å². The Morgan fingerprint density at radius 1 is 1.62 bits per heavy atom. The molecule has 0 rings (SSSR count). The maximum atomic E-state index is 8.31. The van der Waals surface area contributed by atoms with Gasteiger partial charge in [0, 0.05) is 5.70 Å². The van der Waals surface area contributed by atoms with Gasteiger partial charge in [0.05, 0.1) is 6.21 Å². The lowest BCUT2D eigenvalue weighted by atomic mass is 10.6. The van der Waals surface area contributed by atoms with Crippen molar-refractivity contribution < 1.29 is 5.11 Å². The second kappa shape index (κ2) is 2.85.